The molecular formula is C14H14N4O5. The first-order valence-corrected chi connectivity index (χ1v) is 6.93. The van der Waals surface area contributed by atoms with Gasteiger partial charge >= 0.3 is 5.97 Å². The Hall–Kier alpha value is -3.10. The van der Waals surface area contributed by atoms with E-state index in [4.69, 9.17) is 14.6 Å². The van der Waals surface area contributed by atoms with Crippen molar-refractivity contribution in [1.82, 2.24) is 15.0 Å². The predicted molar refractivity (Wildman–Crippen MR) is 77.6 cm³/mol. The molecule has 0 bridgehead atoms. The van der Waals surface area contributed by atoms with Gasteiger partial charge in [-0.05, 0) is 18.6 Å². The van der Waals surface area contributed by atoms with Crippen molar-refractivity contribution in [1.29, 1.82) is 0 Å². The van der Waals surface area contributed by atoms with E-state index in [2.05, 4.69) is 15.6 Å². The molecule has 2 N–H and O–H groups in total. The van der Waals surface area contributed by atoms with Crippen LogP contribution in [0.1, 0.15) is 23.1 Å². The number of hydrogen-bond acceptors (Lipinski definition) is 6. The molecule has 0 fully saturated rings. The van der Waals surface area contributed by atoms with E-state index in [-0.39, 0.29) is 24.9 Å². The molecule has 0 aliphatic carbocycles. The topological polar surface area (TPSA) is 116 Å². The summed E-state index contributed by atoms with van der Waals surface area (Å²) in [5, 5.41) is 19.0. The molecule has 1 aliphatic rings. The molecule has 0 unspecified atom stereocenters. The Morgan fingerprint density at radius 2 is 2.13 bits per heavy atom. The number of carboxylic acid groups (broad SMARTS) is 1. The molecule has 1 aromatic carbocycles. The normalized spacial score (nSPS) is 12.2. The maximum Gasteiger partial charge on any atom is 0.358 e. The van der Waals surface area contributed by atoms with Gasteiger partial charge in [-0.2, -0.15) is 0 Å². The van der Waals surface area contributed by atoms with Gasteiger partial charge in [0.25, 0.3) is 0 Å². The lowest BCUT2D eigenvalue weighted by Crippen LogP contribution is -2.21. The lowest BCUT2D eigenvalue weighted by molar-refractivity contribution is -0.117. The van der Waals surface area contributed by atoms with Crippen molar-refractivity contribution >= 4 is 17.6 Å². The number of aromatic nitrogens is 3. The Labute approximate surface area is 130 Å². The second kappa shape index (κ2) is 5.95. The molecule has 0 atom stereocenters. The summed E-state index contributed by atoms with van der Waals surface area (Å²) in [6.45, 7) is 1.80. The van der Waals surface area contributed by atoms with Gasteiger partial charge < -0.3 is 19.9 Å². The van der Waals surface area contributed by atoms with E-state index in [0.29, 0.717) is 29.3 Å². The summed E-state index contributed by atoms with van der Waals surface area (Å²) in [7, 11) is 0. The van der Waals surface area contributed by atoms with Crippen LogP contribution in [0.15, 0.2) is 18.2 Å². The van der Waals surface area contributed by atoms with Crippen LogP contribution in [-0.4, -0.2) is 38.8 Å². The summed E-state index contributed by atoms with van der Waals surface area (Å²) in [5.74, 6) is -0.325. The highest BCUT2D eigenvalue weighted by Crippen LogP contribution is 2.34. The summed E-state index contributed by atoms with van der Waals surface area (Å²) in [6.07, 6.45) is 0.409. The van der Waals surface area contributed by atoms with Gasteiger partial charge in [-0.3, -0.25) is 4.79 Å². The van der Waals surface area contributed by atoms with Crippen molar-refractivity contribution in [2.75, 3.05) is 12.1 Å². The van der Waals surface area contributed by atoms with Crippen molar-refractivity contribution in [2.45, 2.75) is 19.9 Å². The lowest BCUT2D eigenvalue weighted by Gasteiger charge is -2.07. The van der Waals surface area contributed by atoms with Gasteiger partial charge in [0.05, 0.1) is 5.69 Å². The van der Waals surface area contributed by atoms with E-state index in [1.807, 2.05) is 0 Å². The van der Waals surface area contributed by atoms with E-state index in [1.54, 1.807) is 25.1 Å². The molecule has 0 saturated heterocycles. The van der Waals surface area contributed by atoms with Crippen LogP contribution in [0.2, 0.25) is 0 Å². The van der Waals surface area contributed by atoms with E-state index in [9.17, 15) is 9.59 Å². The SMILES string of the molecule is CCc1c(C(=O)O)nnn1CC(=O)Nc1ccc2c(c1)OCO2. The molecule has 9 heteroatoms. The van der Waals surface area contributed by atoms with Crippen molar-refractivity contribution in [3.05, 3.63) is 29.6 Å². The van der Waals surface area contributed by atoms with Crippen LogP contribution >= 0.6 is 0 Å². The molecule has 1 aromatic heterocycles. The summed E-state index contributed by atoms with van der Waals surface area (Å²) in [5.41, 5.74) is 0.817. The van der Waals surface area contributed by atoms with Crippen LogP contribution in [0.25, 0.3) is 0 Å². The molecule has 2 heterocycles. The van der Waals surface area contributed by atoms with Crippen LogP contribution in [0.3, 0.4) is 0 Å². The molecule has 3 rings (SSSR count). The van der Waals surface area contributed by atoms with Crippen LogP contribution in [0.4, 0.5) is 5.69 Å². The molecule has 23 heavy (non-hydrogen) atoms. The molecule has 120 valence electrons. The van der Waals surface area contributed by atoms with Gasteiger partial charge in [0, 0.05) is 11.8 Å². The molecular weight excluding hydrogens is 304 g/mol. The molecule has 1 aliphatic heterocycles. The first kappa shape index (κ1) is 14.8. The van der Waals surface area contributed by atoms with Crippen LogP contribution in [0.5, 0.6) is 11.5 Å². The number of amides is 1. The van der Waals surface area contributed by atoms with E-state index in [1.165, 1.54) is 4.68 Å². The van der Waals surface area contributed by atoms with E-state index < -0.39 is 5.97 Å². The Bertz CT molecular complexity index is 771. The maximum atomic E-state index is 12.1. The molecule has 0 radical (unpaired) electrons. The molecule has 1 amide bonds. The number of carbonyl (C=O) groups is 2. The fraction of sp³-hybridized carbons (Fsp3) is 0.286. The number of carbonyl (C=O) groups excluding carboxylic acids is 1. The number of aromatic carboxylic acids is 1. The van der Waals surface area contributed by atoms with Crippen LogP contribution < -0.4 is 14.8 Å². The zero-order valence-corrected chi connectivity index (χ0v) is 12.3. The largest absolute Gasteiger partial charge is 0.476 e. The van der Waals surface area contributed by atoms with Gasteiger partial charge in [-0.15, -0.1) is 5.10 Å². The van der Waals surface area contributed by atoms with Crippen molar-refractivity contribution in [3.8, 4) is 11.5 Å². The van der Waals surface area contributed by atoms with Gasteiger partial charge in [-0.1, -0.05) is 12.1 Å². The van der Waals surface area contributed by atoms with Crippen LogP contribution in [-0.2, 0) is 17.8 Å². The van der Waals surface area contributed by atoms with Crippen molar-refractivity contribution in [2.24, 2.45) is 0 Å². The number of carboxylic acids is 1. The Kier molecular flexibility index (Phi) is 3.83. The highest BCUT2D eigenvalue weighted by atomic mass is 16.7. The zero-order chi connectivity index (χ0) is 16.4. The van der Waals surface area contributed by atoms with E-state index in [0.717, 1.165) is 0 Å². The zero-order valence-electron chi connectivity index (χ0n) is 12.3. The number of fused-ring (bicyclic) bond motifs is 1. The highest BCUT2D eigenvalue weighted by molar-refractivity contribution is 5.91. The molecule has 9 nitrogen and oxygen atoms in total. The third kappa shape index (κ3) is 2.93. The quantitative estimate of drug-likeness (QED) is 0.841. The van der Waals surface area contributed by atoms with Gasteiger partial charge in [0.1, 0.15) is 6.54 Å². The molecule has 2 aromatic rings. The standard InChI is InChI=1S/C14H14N4O5/c1-2-9-13(14(20)21)16-17-18(9)6-12(19)15-8-3-4-10-11(5-8)23-7-22-10/h3-5H,2,6-7H2,1H3,(H,15,19)(H,20,21). The van der Waals surface area contributed by atoms with Gasteiger partial charge in [0.15, 0.2) is 17.2 Å². The third-order valence-electron chi connectivity index (χ3n) is 3.32. The fourth-order valence-electron chi connectivity index (χ4n) is 2.29. The number of ether oxygens (including phenoxy) is 2. The number of rotatable bonds is 5. The monoisotopic (exact) mass is 318 g/mol. The second-order valence-corrected chi connectivity index (χ2v) is 4.82. The van der Waals surface area contributed by atoms with Crippen molar-refractivity contribution in [3.63, 3.8) is 0 Å². The van der Waals surface area contributed by atoms with Gasteiger partial charge in [-0.25, -0.2) is 9.48 Å². The average Bonchev–Trinajstić information content (AvgIpc) is 3.12. The fourth-order valence-corrected chi connectivity index (χ4v) is 2.29. The highest BCUT2D eigenvalue weighted by Gasteiger charge is 2.19. The number of nitrogens with zero attached hydrogens (tertiary/aromatic N) is 3. The number of hydrogen-bond donors (Lipinski definition) is 2. The number of nitrogens with one attached hydrogen (secondary N) is 1. The summed E-state index contributed by atoms with van der Waals surface area (Å²) < 4.78 is 11.7. The summed E-state index contributed by atoms with van der Waals surface area (Å²) in [4.78, 5) is 23.1. The van der Waals surface area contributed by atoms with Gasteiger partial charge in [0.2, 0.25) is 12.7 Å². The predicted octanol–water partition coefficient (Wildman–Crippen LogP) is 0.906. The Balaban J connectivity index is 1.71. The van der Waals surface area contributed by atoms with E-state index >= 15 is 0 Å². The summed E-state index contributed by atoms with van der Waals surface area (Å²) in [6, 6.07) is 5.05. The Morgan fingerprint density at radius 3 is 2.87 bits per heavy atom. The average molecular weight is 318 g/mol. The first-order chi connectivity index (χ1) is 11.1. The Morgan fingerprint density at radius 1 is 1.35 bits per heavy atom. The maximum absolute atomic E-state index is 12.1. The first-order valence-electron chi connectivity index (χ1n) is 6.93. The summed E-state index contributed by atoms with van der Waals surface area (Å²) >= 11 is 0. The minimum atomic E-state index is -1.16. The second-order valence-electron chi connectivity index (χ2n) is 4.82. The van der Waals surface area contributed by atoms with Crippen molar-refractivity contribution < 1.29 is 24.2 Å². The minimum absolute atomic E-state index is 0.127. The molecule has 0 spiro atoms. The van der Waals surface area contributed by atoms with Crippen LogP contribution in [0, 0.1) is 0 Å². The number of anilines is 1. The smallest absolute Gasteiger partial charge is 0.358 e. The number of benzene rings is 1. The molecule has 0 saturated carbocycles. The third-order valence-corrected chi connectivity index (χ3v) is 3.32. The lowest BCUT2D eigenvalue weighted by atomic mass is 10.2. The minimum Gasteiger partial charge on any atom is -0.476 e.